The van der Waals surface area contributed by atoms with Crippen molar-refractivity contribution in [2.45, 2.75) is 46.1 Å². The predicted molar refractivity (Wildman–Crippen MR) is 94.5 cm³/mol. The number of para-hydroxylation sites is 1. The number of halogens is 1. The summed E-state index contributed by atoms with van der Waals surface area (Å²) in [4.78, 5) is 2.10. The van der Waals surface area contributed by atoms with E-state index in [1.807, 2.05) is 12.1 Å². The van der Waals surface area contributed by atoms with Gasteiger partial charge in [0, 0.05) is 20.1 Å². The van der Waals surface area contributed by atoms with E-state index < -0.39 is 0 Å². The molecule has 1 aliphatic carbocycles. The van der Waals surface area contributed by atoms with Crippen molar-refractivity contribution in [3.8, 4) is 0 Å². The zero-order chi connectivity index (χ0) is 15.6. The summed E-state index contributed by atoms with van der Waals surface area (Å²) in [5.74, 6) is 2.27. The van der Waals surface area contributed by atoms with Gasteiger partial charge in [-0.15, -0.1) is 0 Å². The summed E-state index contributed by atoms with van der Waals surface area (Å²) >= 11 is 6.39. The average Bonchev–Trinajstić information content (AvgIpc) is 2.37. The smallest absolute Gasteiger partial charge is 0.0786 e. The molecular weight excluding hydrogens is 280 g/mol. The Kier molecular flexibility index (Phi) is 5.43. The quantitative estimate of drug-likeness (QED) is 0.814. The molecule has 0 heterocycles. The van der Waals surface area contributed by atoms with E-state index in [4.69, 9.17) is 11.6 Å². The summed E-state index contributed by atoms with van der Waals surface area (Å²) in [6.07, 6.45) is 3.94. The van der Waals surface area contributed by atoms with Gasteiger partial charge < -0.3 is 10.2 Å². The Morgan fingerprint density at radius 1 is 1.24 bits per heavy atom. The summed E-state index contributed by atoms with van der Waals surface area (Å²) in [5.41, 5.74) is 2.26. The van der Waals surface area contributed by atoms with E-state index in [9.17, 15) is 0 Å². The van der Waals surface area contributed by atoms with E-state index in [2.05, 4.69) is 51.1 Å². The largest absolute Gasteiger partial charge is 0.380 e. The van der Waals surface area contributed by atoms with Crippen molar-refractivity contribution < 1.29 is 0 Å². The standard InChI is InChI=1S/C18H29ClN2/c1-12(2)14-10-9-13(3)11-17(14)20-16-8-6-7-15(19)18(16)21(4)5/h6-8,12-14,17,20H,9-11H2,1-5H3. The van der Waals surface area contributed by atoms with Crippen molar-refractivity contribution in [2.24, 2.45) is 17.8 Å². The minimum absolute atomic E-state index is 0.547. The van der Waals surface area contributed by atoms with Crippen LogP contribution in [0.4, 0.5) is 11.4 Å². The molecule has 21 heavy (non-hydrogen) atoms. The molecule has 0 aliphatic heterocycles. The van der Waals surface area contributed by atoms with E-state index >= 15 is 0 Å². The van der Waals surface area contributed by atoms with Crippen LogP contribution in [0, 0.1) is 17.8 Å². The monoisotopic (exact) mass is 308 g/mol. The molecule has 0 bridgehead atoms. The van der Waals surface area contributed by atoms with Gasteiger partial charge >= 0.3 is 0 Å². The summed E-state index contributed by atoms with van der Waals surface area (Å²) in [5, 5.41) is 4.62. The Labute approximate surface area is 134 Å². The SMILES string of the molecule is CC1CCC(C(C)C)C(Nc2cccc(Cl)c2N(C)C)C1. The number of nitrogens with one attached hydrogen (secondary N) is 1. The maximum Gasteiger partial charge on any atom is 0.0786 e. The van der Waals surface area contributed by atoms with Crippen molar-refractivity contribution in [1.82, 2.24) is 0 Å². The first-order chi connectivity index (χ1) is 9.90. The molecule has 2 nitrogen and oxygen atoms in total. The van der Waals surface area contributed by atoms with Gasteiger partial charge in [-0.3, -0.25) is 0 Å². The third-order valence-corrected chi connectivity index (χ3v) is 5.10. The highest BCUT2D eigenvalue weighted by molar-refractivity contribution is 6.34. The van der Waals surface area contributed by atoms with Gasteiger partial charge in [-0.25, -0.2) is 0 Å². The van der Waals surface area contributed by atoms with Crippen LogP contribution in [0.15, 0.2) is 18.2 Å². The van der Waals surface area contributed by atoms with Crippen LogP contribution in [0.3, 0.4) is 0 Å². The van der Waals surface area contributed by atoms with E-state index in [0.717, 1.165) is 34.2 Å². The summed E-state index contributed by atoms with van der Waals surface area (Å²) in [7, 11) is 4.10. The van der Waals surface area contributed by atoms with Crippen molar-refractivity contribution >= 4 is 23.0 Å². The fraction of sp³-hybridized carbons (Fsp3) is 0.667. The molecule has 118 valence electrons. The minimum atomic E-state index is 0.547. The van der Waals surface area contributed by atoms with Crippen molar-refractivity contribution in [1.29, 1.82) is 0 Å². The predicted octanol–water partition coefficient (Wildman–Crippen LogP) is 5.28. The van der Waals surface area contributed by atoms with Crippen LogP contribution in [-0.2, 0) is 0 Å². The Bertz CT molecular complexity index is 470. The summed E-state index contributed by atoms with van der Waals surface area (Å²) < 4.78 is 0. The molecule has 0 radical (unpaired) electrons. The number of anilines is 2. The molecule has 0 amide bonds. The van der Waals surface area contributed by atoms with Crippen molar-refractivity contribution in [3.63, 3.8) is 0 Å². The number of hydrogen-bond acceptors (Lipinski definition) is 2. The normalized spacial score (nSPS) is 26.0. The molecule has 1 fully saturated rings. The number of rotatable bonds is 4. The second kappa shape index (κ2) is 6.91. The number of hydrogen-bond donors (Lipinski definition) is 1. The molecule has 1 aromatic rings. The highest BCUT2D eigenvalue weighted by Gasteiger charge is 2.31. The molecule has 2 rings (SSSR count). The third-order valence-electron chi connectivity index (χ3n) is 4.80. The van der Waals surface area contributed by atoms with Gasteiger partial charge in [0.2, 0.25) is 0 Å². The van der Waals surface area contributed by atoms with Gasteiger partial charge in [-0.2, -0.15) is 0 Å². The fourth-order valence-corrected chi connectivity index (χ4v) is 4.00. The highest BCUT2D eigenvalue weighted by atomic mass is 35.5. The zero-order valence-corrected chi connectivity index (χ0v) is 14.7. The Morgan fingerprint density at radius 3 is 2.57 bits per heavy atom. The number of nitrogens with zero attached hydrogens (tertiary/aromatic N) is 1. The number of benzene rings is 1. The van der Waals surface area contributed by atoms with Crippen molar-refractivity contribution in [3.05, 3.63) is 23.2 Å². The van der Waals surface area contributed by atoms with Crippen LogP contribution in [0.5, 0.6) is 0 Å². The fourth-order valence-electron chi connectivity index (χ4n) is 3.65. The van der Waals surface area contributed by atoms with Gasteiger partial charge in [-0.1, -0.05) is 44.9 Å². The minimum Gasteiger partial charge on any atom is -0.380 e. The molecule has 1 aromatic carbocycles. The first-order valence-electron chi connectivity index (χ1n) is 8.12. The van der Waals surface area contributed by atoms with Crippen LogP contribution in [0.2, 0.25) is 5.02 Å². The Balaban J connectivity index is 2.25. The van der Waals surface area contributed by atoms with Gasteiger partial charge in [-0.05, 0) is 42.7 Å². The molecule has 0 aromatic heterocycles. The molecule has 3 atom stereocenters. The molecule has 1 aliphatic rings. The van der Waals surface area contributed by atoms with Crippen LogP contribution in [-0.4, -0.2) is 20.1 Å². The topological polar surface area (TPSA) is 15.3 Å². The highest BCUT2D eigenvalue weighted by Crippen LogP contribution is 2.38. The molecule has 0 saturated heterocycles. The van der Waals surface area contributed by atoms with E-state index in [-0.39, 0.29) is 0 Å². The molecular formula is C18H29ClN2. The van der Waals surface area contributed by atoms with Crippen LogP contribution >= 0.6 is 11.6 Å². The molecule has 3 heteroatoms. The lowest BCUT2D eigenvalue weighted by Gasteiger charge is -2.39. The maximum absolute atomic E-state index is 6.39. The van der Waals surface area contributed by atoms with E-state index in [1.165, 1.54) is 19.3 Å². The molecule has 3 unspecified atom stereocenters. The second-order valence-electron chi connectivity index (χ2n) is 7.11. The third kappa shape index (κ3) is 3.85. The van der Waals surface area contributed by atoms with Gasteiger partial charge in [0.15, 0.2) is 0 Å². The van der Waals surface area contributed by atoms with E-state index in [0.29, 0.717) is 6.04 Å². The van der Waals surface area contributed by atoms with Crippen LogP contribution in [0.25, 0.3) is 0 Å². The molecule has 1 saturated carbocycles. The Hall–Kier alpha value is -0.890. The summed E-state index contributed by atoms with van der Waals surface area (Å²) in [6.45, 7) is 7.07. The van der Waals surface area contributed by atoms with Gasteiger partial charge in [0.1, 0.15) is 0 Å². The van der Waals surface area contributed by atoms with Gasteiger partial charge in [0.05, 0.1) is 16.4 Å². The van der Waals surface area contributed by atoms with Crippen LogP contribution < -0.4 is 10.2 Å². The maximum atomic E-state index is 6.39. The first-order valence-corrected chi connectivity index (χ1v) is 8.50. The lowest BCUT2D eigenvalue weighted by molar-refractivity contribution is 0.212. The summed E-state index contributed by atoms with van der Waals surface area (Å²) in [6, 6.07) is 6.70. The second-order valence-corrected chi connectivity index (χ2v) is 7.51. The lowest BCUT2D eigenvalue weighted by Crippen LogP contribution is -2.38. The first kappa shape index (κ1) is 16.5. The Morgan fingerprint density at radius 2 is 1.95 bits per heavy atom. The lowest BCUT2D eigenvalue weighted by atomic mass is 9.74. The van der Waals surface area contributed by atoms with Crippen molar-refractivity contribution in [2.75, 3.05) is 24.3 Å². The van der Waals surface area contributed by atoms with Gasteiger partial charge in [0.25, 0.3) is 0 Å². The molecule has 1 N–H and O–H groups in total. The average molecular weight is 309 g/mol. The van der Waals surface area contributed by atoms with E-state index in [1.54, 1.807) is 0 Å². The zero-order valence-electron chi connectivity index (χ0n) is 14.0. The molecule has 0 spiro atoms. The van der Waals surface area contributed by atoms with Crippen LogP contribution in [0.1, 0.15) is 40.0 Å².